The Morgan fingerprint density at radius 3 is 2.42 bits per heavy atom. The minimum Gasteiger partial charge on any atom is -0.492 e. The third-order valence-electron chi connectivity index (χ3n) is 3.51. The summed E-state index contributed by atoms with van der Waals surface area (Å²) >= 11 is 0. The molecule has 0 saturated carbocycles. The standard InChI is InChI=1S/C16H15N3O5/c1-8-4-13-18-16(21)10(15(17)19(13)24-8)5-9-6-11(22-2)14(20)12(7-9)23-3/h4-7H,17H2,1-3H3. The van der Waals surface area contributed by atoms with Gasteiger partial charge in [0.05, 0.1) is 19.8 Å². The number of nitrogens with zero attached hydrogens (tertiary/aromatic N) is 2. The predicted octanol–water partition coefficient (Wildman–Crippen LogP) is 1.20. The second-order valence-electron chi connectivity index (χ2n) is 5.11. The number of nitrogens with two attached hydrogens (primary N) is 1. The van der Waals surface area contributed by atoms with Gasteiger partial charge in [0.2, 0.25) is 0 Å². The number of fused-ring (bicyclic) bond motifs is 1. The topological polar surface area (TPSA) is 109 Å². The number of aromatic nitrogens is 2. The first-order valence-corrected chi connectivity index (χ1v) is 7.01. The Balaban J connectivity index is 2.19. The summed E-state index contributed by atoms with van der Waals surface area (Å²) in [5, 5.41) is 0. The molecular weight excluding hydrogens is 314 g/mol. The first-order valence-electron chi connectivity index (χ1n) is 7.01. The average Bonchev–Trinajstić information content (AvgIpc) is 2.93. The van der Waals surface area contributed by atoms with Gasteiger partial charge in [-0.15, -0.1) is 4.57 Å². The molecule has 2 N–H and O–H groups in total. The van der Waals surface area contributed by atoms with Crippen molar-refractivity contribution >= 4 is 23.3 Å². The summed E-state index contributed by atoms with van der Waals surface area (Å²) < 4.78 is 16.8. The predicted molar refractivity (Wildman–Crippen MR) is 86.0 cm³/mol. The molecule has 0 saturated heterocycles. The number of ketones is 1. The SMILES string of the molecule is COC1=CC(=Cc2c(N)n3oc(C)cc3nc2=O)C=C(OC)C1=O. The number of methoxy groups -OCH3 is 2. The summed E-state index contributed by atoms with van der Waals surface area (Å²) in [5.41, 5.74) is 6.51. The Morgan fingerprint density at radius 2 is 1.83 bits per heavy atom. The van der Waals surface area contributed by atoms with Crippen LogP contribution in [0.4, 0.5) is 5.82 Å². The van der Waals surface area contributed by atoms with Crippen LogP contribution in [0.1, 0.15) is 11.3 Å². The number of ether oxygens (including phenoxy) is 2. The summed E-state index contributed by atoms with van der Waals surface area (Å²) in [6, 6.07) is 1.61. The van der Waals surface area contributed by atoms with Crippen LogP contribution in [0.2, 0.25) is 0 Å². The van der Waals surface area contributed by atoms with Crippen LogP contribution in [0.25, 0.3) is 11.7 Å². The fourth-order valence-corrected chi connectivity index (χ4v) is 2.38. The lowest BCUT2D eigenvalue weighted by atomic mass is 10.0. The van der Waals surface area contributed by atoms with Crippen LogP contribution >= 0.6 is 0 Å². The average molecular weight is 329 g/mol. The number of carbonyl (C=O) groups is 1. The van der Waals surface area contributed by atoms with Crippen LogP contribution in [0, 0.1) is 6.92 Å². The number of allylic oxidation sites excluding steroid dienone is 3. The minimum atomic E-state index is -0.502. The van der Waals surface area contributed by atoms with Gasteiger partial charge < -0.3 is 19.7 Å². The van der Waals surface area contributed by atoms with Gasteiger partial charge in [0.15, 0.2) is 23.0 Å². The lowest BCUT2D eigenvalue weighted by molar-refractivity contribution is -0.117. The van der Waals surface area contributed by atoms with E-state index in [0.29, 0.717) is 17.0 Å². The first kappa shape index (κ1) is 15.6. The highest BCUT2D eigenvalue weighted by molar-refractivity contribution is 6.07. The van der Waals surface area contributed by atoms with Crippen LogP contribution < -0.4 is 11.3 Å². The molecule has 2 heterocycles. The highest BCUT2D eigenvalue weighted by Gasteiger charge is 2.22. The monoisotopic (exact) mass is 329 g/mol. The number of aryl methyl sites for hydroxylation is 1. The van der Waals surface area contributed by atoms with E-state index in [1.807, 2.05) is 0 Å². The second-order valence-corrected chi connectivity index (χ2v) is 5.11. The van der Waals surface area contributed by atoms with Gasteiger partial charge in [-0.2, -0.15) is 4.98 Å². The van der Waals surface area contributed by atoms with E-state index in [1.165, 1.54) is 37.0 Å². The van der Waals surface area contributed by atoms with Gasteiger partial charge in [-0.1, -0.05) is 0 Å². The normalized spacial score (nSPS) is 14.5. The fourth-order valence-electron chi connectivity index (χ4n) is 2.38. The maximum atomic E-state index is 12.2. The molecule has 2 aromatic rings. The molecule has 124 valence electrons. The van der Waals surface area contributed by atoms with Crippen LogP contribution in [-0.2, 0) is 14.3 Å². The molecule has 0 radical (unpaired) electrons. The number of anilines is 1. The highest BCUT2D eigenvalue weighted by Crippen LogP contribution is 2.23. The Labute approximate surface area is 136 Å². The van der Waals surface area contributed by atoms with Crippen molar-refractivity contribution in [2.24, 2.45) is 0 Å². The maximum Gasteiger partial charge on any atom is 0.282 e. The number of Topliss-reactive ketones (excluding diaryl/α,β-unsaturated/α-hetero) is 1. The van der Waals surface area contributed by atoms with Crippen molar-refractivity contribution in [1.29, 1.82) is 0 Å². The lowest BCUT2D eigenvalue weighted by Gasteiger charge is -2.13. The molecule has 1 aliphatic carbocycles. The Morgan fingerprint density at radius 1 is 1.21 bits per heavy atom. The van der Waals surface area contributed by atoms with E-state index in [1.54, 1.807) is 13.0 Å². The van der Waals surface area contributed by atoms with Gasteiger partial charge >= 0.3 is 0 Å². The number of hydrogen-bond donors (Lipinski definition) is 1. The van der Waals surface area contributed by atoms with Crippen molar-refractivity contribution in [2.75, 3.05) is 20.0 Å². The Kier molecular flexibility index (Phi) is 3.72. The van der Waals surface area contributed by atoms with Crippen LogP contribution in [0.3, 0.4) is 0 Å². The maximum absolute atomic E-state index is 12.2. The number of carbonyl (C=O) groups excluding carboxylic acids is 1. The zero-order chi connectivity index (χ0) is 17.4. The molecule has 1 aliphatic rings. The molecule has 24 heavy (non-hydrogen) atoms. The summed E-state index contributed by atoms with van der Waals surface area (Å²) in [6.45, 7) is 1.73. The van der Waals surface area contributed by atoms with Gasteiger partial charge in [-0.05, 0) is 30.7 Å². The molecular formula is C16H15N3O5. The van der Waals surface area contributed by atoms with E-state index in [2.05, 4.69) is 4.98 Å². The quantitative estimate of drug-likeness (QED) is 0.901. The van der Waals surface area contributed by atoms with Crippen molar-refractivity contribution in [3.05, 3.63) is 57.0 Å². The van der Waals surface area contributed by atoms with E-state index in [4.69, 9.17) is 19.7 Å². The van der Waals surface area contributed by atoms with Crippen molar-refractivity contribution in [3.63, 3.8) is 0 Å². The fraction of sp³-hybridized carbons (Fsp3) is 0.188. The van der Waals surface area contributed by atoms with Crippen LogP contribution in [-0.4, -0.2) is 29.6 Å². The van der Waals surface area contributed by atoms with Crippen molar-refractivity contribution < 1.29 is 18.8 Å². The van der Waals surface area contributed by atoms with Gasteiger partial charge in [0.1, 0.15) is 5.76 Å². The van der Waals surface area contributed by atoms with E-state index in [-0.39, 0.29) is 28.7 Å². The van der Waals surface area contributed by atoms with E-state index in [0.717, 1.165) is 0 Å². The van der Waals surface area contributed by atoms with Crippen molar-refractivity contribution in [1.82, 2.24) is 9.56 Å². The molecule has 3 rings (SSSR count). The molecule has 0 spiro atoms. The molecule has 0 aromatic carbocycles. The molecule has 0 amide bonds. The van der Waals surface area contributed by atoms with E-state index in [9.17, 15) is 9.59 Å². The number of nitrogen functional groups attached to an aromatic ring is 1. The molecule has 0 unspecified atom stereocenters. The molecule has 0 bridgehead atoms. The largest absolute Gasteiger partial charge is 0.492 e. The van der Waals surface area contributed by atoms with Crippen molar-refractivity contribution in [3.8, 4) is 0 Å². The molecule has 8 heteroatoms. The van der Waals surface area contributed by atoms with Crippen LogP contribution in [0.15, 0.2) is 44.6 Å². The van der Waals surface area contributed by atoms with E-state index >= 15 is 0 Å². The highest BCUT2D eigenvalue weighted by atomic mass is 16.5. The lowest BCUT2D eigenvalue weighted by Crippen LogP contribution is -2.17. The Hall–Kier alpha value is -3.29. The van der Waals surface area contributed by atoms with Crippen LogP contribution in [0.5, 0.6) is 0 Å². The zero-order valence-electron chi connectivity index (χ0n) is 13.3. The van der Waals surface area contributed by atoms with Crippen molar-refractivity contribution in [2.45, 2.75) is 6.92 Å². The summed E-state index contributed by atoms with van der Waals surface area (Å²) in [5.74, 6) is 0.508. The molecule has 0 aliphatic heterocycles. The second kappa shape index (κ2) is 5.73. The Bertz CT molecular complexity index is 965. The number of hydrogen-bond acceptors (Lipinski definition) is 7. The molecule has 0 fully saturated rings. The van der Waals surface area contributed by atoms with Gasteiger partial charge in [-0.3, -0.25) is 9.59 Å². The summed E-state index contributed by atoms with van der Waals surface area (Å²) in [6.07, 6.45) is 4.48. The molecule has 8 nitrogen and oxygen atoms in total. The zero-order valence-corrected chi connectivity index (χ0v) is 13.3. The van der Waals surface area contributed by atoms with Gasteiger partial charge in [0, 0.05) is 6.07 Å². The smallest absolute Gasteiger partial charge is 0.282 e. The van der Waals surface area contributed by atoms with Gasteiger partial charge in [0.25, 0.3) is 11.3 Å². The summed E-state index contributed by atoms with van der Waals surface area (Å²) in [7, 11) is 2.75. The minimum absolute atomic E-state index is 0.0992. The summed E-state index contributed by atoms with van der Waals surface area (Å²) in [4.78, 5) is 28.1. The first-order chi connectivity index (χ1) is 11.4. The van der Waals surface area contributed by atoms with E-state index < -0.39 is 5.56 Å². The molecule has 0 atom stereocenters. The third-order valence-corrected chi connectivity index (χ3v) is 3.51. The number of rotatable bonds is 3. The third kappa shape index (κ3) is 2.47. The van der Waals surface area contributed by atoms with Gasteiger partial charge in [-0.25, -0.2) is 0 Å². The molecule has 2 aromatic heterocycles.